The molecule has 1 amide bonds. The summed E-state index contributed by atoms with van der Waals surface area (Å²) >= 11 is 0. The number of nitro groups is 1. The van der Waals surface area contributed by atoms with Gasteiger partial charge in [0.05, 0.1) is 43.2 Å². The predicted octanol–water partition coefficient (Wildman–Crippen LogP) is 4.98. The molecule has 0 aliphatic heterocycles. The minimum absolute atomic E-state index is 0.0411. The highest BCUT2D eigenvalue weighted by Gasteiger charge is 2.29. The number of nitrogen functional groups attached to an aromatic ring is 1. The monoisotopic (exact) mass is 765 g/mol. The lowest BCUT2D eigenvalue weighted by atomic mass is 9.88. The summed E-state index contributed by atoms with van der Waals surface area (Å²) in [6, 6.07) is 23.5. The molecule has 276 valence electrons. The number of carbonyl (C=O) groups is 1. The van der Waals surface area contributed by atoms with E-state index in [0.717, 1.165) is 82.2 Å². The molecule has 0 radical (unpaired) electrons. The topological polar surface area (TPSA) is 216 Å². The van der Waals surface area contributed by atoms with Crippen LogP contribution in [0.15, 0.2) is 94.7 Å². The molecule has 4 N–H and O–H groups in total. The third-order valence-corrected chi connectivity index (χ3v) is 11.9. The number of non-ortho nitro benzene ring substituents is 1. The summed E-state index contributed by atoms with van der Waals surface area (Å²) in [5.41, 5.74) is 21.9. The summed E-state index contributed by atoms with van der Waals surface area (Å²) in [4.78, 5) is 23.2. The lowest BCUT2D eigenvalue weighted by Gasteiger charge is -2.19. The second kappa shape index (κ2) is 13.4. The number of hydrogen-bond acceptors (Lipinski definition) is 10. The number of sulfone groups is 2. The first-order valence-electron chi connectivity index (χ1n) is 16.8. The number of nitrogens with zero attached hydrogens (tertiary/aromatic N) is 5. The van der Waals surface area contributed by atoms with Crippen LogP contribution in [0.25, 0.3) is 33.9 Å². The van der Waals surface area contributed by atoms with E-state index in [1.54, 1.807) is 57.9 Å². The number of primary amides is 1. The maximum absolute atomic E-state index is 11.9. The summed E-state index contributed by atoms with van der Waals surface area (Å²) in [5.74, 6) is -0.592. The number of fused-ring (bicyclic) bond motifs is 6. The molecule has 6 aromatic rings. The molecule has 4 aromatic carbocycles. The van der Waals surface area contributed by atoms with Crippen molar-refractivity contribution in [2.45, 2.75) is 42.4 Å². The molecular formula is C38H35N7O7S2. The second-order valence-corrected chi connectivity index (χ2v) is 17.4. The molecule has 0 spiro atoms. The Morgan fingerprint density at radius 3 is 1.70 bits per heavy atom. The number of anilines is 1. The lowest BCUT2D eigenvalue weighted by molar-refractivity contribution is -0.384. The number of carbonyl (C=O) groups excluding carboxylic acids is 1. The Balaban J connectivity index is 0.000000167. The maximum Gasteiger partial charge on any atom is 0.270 e. The molecule has 0 unspecified atom stereocenters. The SMILES string of the molecule is CS(=O)(=O)c1ccc(-n2nc(C(N)=O)c3c2-c2cc(N)ccc2CC3)cc1.Cc1nn(-c2ccc(S(C)(=O)=O)cc2)c2c1CCc1ccc([N+](=O)[O-])cc1-2. The van der Waals surface area contributed by atoms with Crippen LogP contribution in [-0.4, -0.2) is 59.7 Å². The van der Waals surface area contributed by atoms with E-state index in [-0.39, 0.29) is 21.2 Å². The average Bonchev–Trinajstić information content (AvgIpc) is 3.70. The van der Waals surface area contributed by atoms with Gasteiger partial charge in [0, 0.05) is 52.6 Å². The summed E-state index contributed by atoms with van der Waals surface area (Å²) in [6.07, 6.45) is 5.35. The van der Waals surface area contributed by atoms with E-state index in [1.165, 1.54) is 18.2 Å². The van der Waals surface area contributed by atoms with Gasteiger partial charge in [-0.25, -0.2) is 26.2 Å². The molecule has 0 bridgehead atoms. The van der Waals surface area contributed by atoms with Gasteiger partial charge in [-0.3, -0.25) is 14.9 Å². The van der Waals surface area contributed by atoms with Crippen LogP contribution in [0.3, 0.4) is 0 Å². The fraction of sp³-hybridized carbons (Fsp3) is 0.184. The van der Waals surface area contributed by atoms with Crippen LogP contribution in [0.2, 0.25) is 0 Å². The van der Waals surface area contributed by atoms with Gasteiger partial charge in [0.25, 0.3) is 11.6 Å². The van der Waals surface area contributed by atoms with Crippen molar-refractivity contribution in [2.24, 2.45) is 5.73 Å². The lowest BCUT2D eigenvalue weighted by Crippen LogP contribution is -2.15. The van der Waals surface area contributed by atoms with Gasteiger partial charge in [0.15, 0.2) is 25.4 Å². The van der Waals surface area contributed by atoms with Crippen molar-refractivity contribution < 1.29 is 26.6 Å². The normalized spacial score (nSPS) is 13.1. The fourth-order valence-electron chi connectivity index (χ4n) is 7.01. The minimum atomic E-state index is -3.30. The van der Waals surface area contributed by atoms with Crippen molar-refractivity contribution in [1.82, 2.24) is 19.6 Å². The molecule has 14 nitrogen and oxygen atoms in total. The third-order valence-electron chi connectivity index (χ3n) is 9.66. The van der Waals surface area contributed by atoms with Crippen molar-refractivity contribution in [3.63, 3.8) is 0 Å². The third kappa shape index (κ3) is 6.65. The number of hydrogen-bond donors (Lipinski definition) is 2. The van der Waals surface area contributed by atoms with Gasteiger partial charge in [-0.1, -0.05) is 12.1 Å². The molecule has 2 aromatic heterocycles. The summed E-state index contributed by atoms with van der Waals surface area (Å²) in [5, 5.41) is 20.3. The second-order valence-electron chi connectivity index (χ2n) is 13.3. The van der Waals surface area contributed by atoms with Gasteiger partial charge < -0.3 is 11.5 Å². The number of amides is 1. The van der Waals surface area contributed by atoms with Crippen LogP contribution in [0.1, 0.15) is 38.4 Å². The van der Waals surface area contributed by atoms with Crippen molar-refractivity contribution in [2.75, 3.05) is 18.2 Å². The highest BCUT2D eigenvalue weighted by molar-refractivity contribution is 7.91. The van der Waals surface area contributed by atoms with Gasteiger partial charge in [-0.05, 0) is 104 Å². The standard InChI is InChI=1S/C19H18N4O3S.C19H17N3O4S/c1-27(25,26)14-7-5-13(6-8-14)23-18-15(17(22-23)19(21)24)9-3-11-2-4-12(20)10-16(11)18;1-12-17-10-4-13-3-5-15(22(23)24)11-18(13)19(17)21(20-12)14-6-8-16(9-7-14)27(2,25)26/h2,4-8,10H,3,9,20H2,1H3,(H2,21,24);3,5-9,11H,4,10H2,1-2H3. The Morgan fingerprint density at radius 2 is 1.19 bits per heavy atom. The molecule has 0 atom stereocenters. The molecule has 8 rings (SSSR count). The van der Waals surface area contributed by atoms with Crippen LogP contribution in [0.5, 0.6) is 0 Å². The largest absolute Gasteiger partial charge is 0.399 e. The molecule has 2 aliphatic rings. The Morgan fingerprint density at radius 1 is 0.704 bits per heavy atom. The number of benzene rings is 4. The van der Waals surface area contributed by atoms with E-state index in [4.69, 9.17) is 11.5 Å². The van der Waals surface area contributed by atoms with E-state index in [0.29, 0.717) is 23.5 Å². The summed E-state index contributed by atoms with van der Waals surface area (Å²) in [6.45, 7) is 1.92. The summed E-state index contributed by atoms with van der Waals surface area (Å²) in [7, 11) is -6.58. The first-order valence-corrected chi connectivity index (χ1v) is 20.6. The number of nitro benzene ring substituents is 1. The molecule has 0 fully saturated rings. The van der Waals surface area contributed by atoms with Gasteiger partial charge in [-0.15, -0.1) is 0 Å². The molecule has 2 aliphatic carbocycles. The van der Waals surface area contributed by atoms with Crippen molar-refractivity contribution >= 4 is 37.0 Å². The Kier molecular flexibility index (Phi) is 8.98. The maximum atomic E-state index is 11.9. The van der Waals surface area contributed by atoms with Gasteiger partial charge in [-0.2, -0.15) is 10.2 Å². The number of rotatable bonds is 6. The first-order chi connectivity index (χ1) is 25.5. The van der Waals surface area contributed by atoms with Crippen LogP contribution < -0.4 is 11.5 Å². The molecule has 2 heterocycles. The van der Waals surface area contributed by atoms with E-state index in [9.17, 15) is 31.7 Å². The fourth-order valence-corrected chi connectivity index (χ4v) is 8.27. The molecular weight excluding hydrogens is 731 g/mol. The summed E-state index contributed by atoms with van der Waals surface area (Å²) < 4.78 is 50.2. The van der Waals surface area contributed by atoms with Crippen LogP contribution >= 0.6 is 0 Å². The highest BCUT2D eigenvalue weighted by atomic mass is 32.2. The smallest absolute Gasteiger partial charge is 0.270 e. The van der Waals surface area contributed by atoms with E-state index < -0.39 is 30.5 Å². The Labute approximate surface area is 311 Å². The molecule has 0 saturated carbocycles. The predicted molar refractivity (Wildman–Crippen MR) is 203 cm³/mol. The zero-order chi connectivity index (χ0) is 38.7. The quantitative estimate of drug-likeness (QED) is 0.132. The first kappa shape index (κ1) is 36.2. The van der Waals surface area contributed by atoms with Crippen LogP contribution in [0, 0.1) is 17.0 Å². The number of aromatic nitrogens is 4. The van der Waals surface area contributed by atoms with Crippen LogP contribution in [0.4, 0.5) is 11.4 Å². The van der Waals surface area contributed by atoms with Crippen molar-refractivity contribution in [3.05, 3.63) is 129 Å². The van der Waals surface area contributed by atoms with Gasteiger partial charge >= 0.3 is 0 Å². The van der Waals surface area contributed by atoms with Gasteiger partial charge in [0.1, 0.15) is 0 Å². The Bertz CT molecular complexity index is 2740. The zero-order valence-corrected chi connectivity index (χ0v) is 31.1. The number of aryl methyl sites for hydroxylation is 3. The zero-order valence-electron chi connectivity index (χ0n) is 29.5. The molecule has 16 heteroatoms. The van der Waals surface area contributed by atoms with Crippen molar-refractivity contribution in [1.29, 1.82) is 0 Å². The van der Waals surface area contributed by atoms with Crippen LogP contribution in [-0.2, 0) is 45.4 Å². The van der Waals surface area contributed by atoms with E-state index in [1.807, 2.05) is 25.1 Å². The van der Waals surface area contributed by atoms with E-state index in [2.05, 4.69) is 10.2 Å². The Hall–Kier alpha value is -6.13. The highest BCUT2D eigenvalue weighted by Crippen LogP contribution is 2.40. The van der Waals surface area contributed by atoms with Crippen molar-refractivity contribution in [3.8, 4) is 33.9 Å². The van der Waals surface area contributed by atoms with Gasteiger partial charge in [0.2, 0.25) is 0 Å². The molecule has 54 heavy (non-hydrogen) atoms. The molecule has 0 saturated heterocycles. The minimum Gasteiger partial charge on any atom is -0.399 e. The average molecular weight is 766 g/mol. The van der Waals surface area contributed by atoms with E-state index >= 15 is 0 Å². The number of nitrogens with two attached hydrogens (primary N) is 2.